The van der Waals surface area contributed by atoms with Gasteiger partial charge < -0.3 is 18.9 Å². The van der Waals surface area contributed by atoms with Gasteiger partial charge in [0.1, 0.15) is 23.3 Å². The molecule has 0 radical (unpaired) electrons. The fourth-order valence-corrected chi connectivity index (χ4v) is 6.42. The van der Waals surface area contributed by atoms with Crippen LogP contribution in [0.4, 0.5) is 0 Å². The number of thioether (sulfide) groups is 1. The highest BCUT2D eigenvalue weighted by Crippen LogP contribution is 2.43. The minimum absolute atomic E-state index is 0.0659. The molecule has 224 valence electrons. The van der Waals surface area contributed by atoms with E-state index in [-0.39, 0.29) is 17.0 Å². The average Bonchev–Trinajstić information content (AvgIpc) is 3.41. The van der Waals surface area contributed by atoms with Crippen molar-refractivity contribution in [3.05, 3.63) is 128 Å². The number of aromatic amines is 1. The number of aromatic nitrogens is 2. The van der Waals surface area contributed by atoms with E-state index in [4.69, 9.17) is 18.9 Å². The minimum atomic E-state index is -1.07. The monoisotopic (exact) mass is 602 g/mol. The van der Waals surface area contributed by atoms with Crippen LogP contribution in [-0.2, 0) is 19.9 Å². The zero-order valence-electron chi connectivity index (χ0n) is 24.4. The summed E-state index contributed by atoms with van der Waals surface area (Å²) in [5.41, 5.74) is 0.927. The summed E-state index contributed by atoms with van der Waals surface area (Å²) in [5, 5.41) is -0.356. The van der Waals surface area contributed by atoms with Crippen molar-refractivity contribution in [3.63, 3.8) is 0 Å². The van der Waals surface area contributed by atoms with Crippen molar-refractivity contribution in [2.24, 2.45) is 0 Å². The lowest BCUT2D eigenvalue weighted by Crippen LogP contribution is -2.38. The summed E-state index contributed by atoms with van der Waals surface area (Å²) in [5.74, 6) is 1.42. The molecule has 0 bridgehead atoms. The molecule has 5 rings (SSSR count). The van der Waals surface area contributed by atoms with Crippen molar-refractivity contribution in [2.45, 2.75) is 43.5 Å². The Hall–Kier alpha value is -4.12. The molecule has 1 aromatic heterocycles. The van der Waals surface area contributed by atoms with Crippen LogP contribution < -0.4 is 20.7 Å². The molecular formula is C33H34N2O7S. The number of nitrogens with one attached hydrogen (secondary N) is 1. The Balaban J connectivity index is 1.58. The van der Waals surface area contributed by atoms with E-state index >= 15 is 0 Å². The molecule has 0 amide bonds. The average molecular weight is 603 g/mol. The van der Waals surface area contributed by atoms with Gasteiger partial charge in [-0.1, -0.05) is 66.4 Å². The predicted octanol–water partition coefficient (Wildman–Crippen LogP) is 4.81. The van der Waals surface area contributed by atoms with Crippen LogP contribution >= 0.6 is 11.8 Å². The summed E-state index contributed by atoms with van der Waals surface area (Å²) in [6, 6.07) is 25.3. The first-order chi connectivity index (χ1) is 20.7. The van der Waals surface area contributed by atoms with E-state index in [0.717, 1.165) is 16.7 Å². The number of aryl methyl sites for hydroxylation is 1. The number of ether oxygens (including phenoxy) is 4. The molecule has 1 fully saturated rings. The van der Waals surface area contributed by atoms with Crippen molar-refractivity contribution in [1.29, 1.82) is 0 Å². The molecule has 0 saturated carbocycles. The van der Waals surface area contributed by atoms with E-state index in [2.05, 4.69) is 4.98 Å². The third-order valence-corrected chi connectivity index (χ3v) is 8.72. The number of methoxy groups -OCH3 is 2. The SMILES string of the molecule is COc1ccc(C(OC[C@H]2O[C@@H](n3cc(C)c(=O)[nH]c3=O)C[C@@H]2SC(C)=O)(c2ccccc2)c2ccc(OC)cc2)cc1. The second-order valence-electron chi connectivity index (χ2n) is 10.3. The maximum Gasteiger partial charge on any atom is 0.330 e. The van der Waals surface area contributed by atoms with E-state index in [9.17, 15) is 14.4 Å². The smallest absolute Gasteiger partial charge is 0.330 e. The maximum atomic E-state index is 12.7. The van der Waals surface area contributed by atoms with Crippen molar-refractivity contribution in [2.75, 3.05) is 20.8 Å². The van der Waals surface area contributed by atoms with E-state index in [1.54, 1.807) is 21.1 Å². The predicted molar refractivity (Wildman–Crippen MR) is 165 cm³/mol. The molecule has 1 aliphatic heterocycles. The molecule has 9 nitrogen and oxygen atoms in total. The molecule has 1 aliphatic rings. The number of carbonyl (C=O) groups is 1. The zero-order valence-corrected chi connectivity index (χ0v) is 25.3. The van der Waals surface area contributed by atoms with Gasteiger partial charge in [-0.3, -0.25) is 19.1 Å². The normalized spacial score (nSPS) is 18.4. The van der Waals surface area contributed by atoms with Crippen LogP contribution in [0.1, 0.15) is 41.8 Å². The lowest BCUT2D eigenvalue weighted by atomic mass is 9.80. The summed E-state index contributed by atoms with van der Waals surface area (Å²) >= 11 is 1.17. The number of H-pyrrole nitrogens is 1. The largest absolute Gasteiger partial charge is 0.497 e. The van der Waals surface area contributed by atoms with Gasteiger partial charge in [0, 0.05) is 30.4 Å². The first-order valence-electron chi connectivity index (χ1n) is 13.9. The molecule has 0 unspecified atom stereocenters. The second kappa shape index (κ2) is 13.0. The van der Waals surface area contributed by atoms with E-state index < -0.39 is 29.2 Å². The third-order valence-electron chi connectivity index (χ3n) is 7.59. The van der Waals surface area contributed by atoms with Crippen LogP contribution in [0.15, 0.2) is 94.6 Å². The number of hydrogen-bond donors (Lipinski definition) is 1. The Labute approximate surface area is 253 Å². The van der Waals surface area contributed by atoms with Crippen LogP contribution in [0.2, 0.25) is 0 Å². The van der Waals surface area contributed by atoms with E-state index in [0.29, 0.717) is 23.5 Å². The van der Waals surface area contributed by atoms with Gasteiger partial charge in [-0.05, 0) is 47.9 Å². The minimum Gasteiger partial charge on any atom is -0.497 e. The molecular weight excluding hydrogens is 568 g/mol. The lowest BCUT2D eigenvalue weighted by Gasteiger charge is -2.37. The van der Waals surface area contributed by atoms with Gasteiger partial charge in [0.2, 0.25) is 0 Å². The number of nitrogens with zero attached hydrogens (tertiary/aromatic N) is 1. The lowest BCUT2D eigenvalue weighted by molar-refractivity contribution is -0.109. The molecule has 3 aromatic carbocycles. The zero-order chi connectivity index (χ0) is 30.6. The van der Waals surface area contributed by atoms with E-state index in [1.807, 2.05) is 78.9 Å². The summed E-state index contributed by atoms with van der Waals surface area (Å²) < 4.78 is 25.7. The number of rotatable bonds is 10. The van der Waals surface area contributed by atoms with Gasteiger partial charge >= 0.3 is 5.69 Å². The summed E-state index contributed by atoms with van der Waals surface area (Å²) in [6.07, 6.45) is 0.653. The van der Waals surface area contributed by atoms with Crippen LogP contribution in [0, 0.1) is 6.92 Å². The number of carbonyl (C=O) groups excluding carboxylic acids is 1. The standard InChI is InChI=1S/C33H34N2O7S/c1-21-19-35(32(38)34-31(21)37)30-18-29(43-22(2)36)28(42-30)20-41-33(23-8-6-5-7-9-23,24-10-14-26(39-3)15-11-24)25-12-16-27(40-4)17-13-25/h5-17,19,28-30H,18,20H2,1-4H3,(H,34,37,38)/t28-,29+,30-/m1/s1. The summed E-state index contributed by atoms with van der Waals surface area (Å²) in [6.45, 7) is 3.24. The molecule has 10 heteroatoms. The Morgan fingerprint density at radius 1 is 0.930 bits per heavy atom. The maximum absolute atomic E-state index is 12.7. The topological polar surface area (TPSA) is 109 Å². The number of hydrogen-bond acceptors (Lipinski definition) is 8. The highest BCUT2D eigenvalue weighted by Gasteiger charge is 2.43. The fraction of sp³-hybridized carbons (Fsp3) is 0.303. The molecule has 0 spiro atoms. The van der Waals surface area contributed by atoms with Gasteiger partial charge in [0.15, 0.2) is 5.12 Å². The highest BCUT2D eigenvalue weighted by molar-refractivity contribution is 8.14. The number of benzene rings is 3. The first-order valence-corrected chi connectivity index (χ1v) is 14.8. The van der Waals surface area contributed by atoms with Gasteiger partial charge in [-0.2, -0.15) is 0 Å². The van der Waals surface area contributed by atoms with E-state index in [1.165, 1.54) is 29.4 Å². The van der Waals surface area contributed by atoms with Crippen LogP contribution in [0.5, 0.6) is 11.5 Å². The molecule has 2 heterocycles. The summed E-state index contributed by atoms with van der Waals surface area (Å²) in [7, 11) is 3.24. The van der Waals surface area contributed by atoms with Crippen LogP contribution in [0.25, 0.3) is 0 Å². The van der Waals surface area contributed by atoms with Gasteiger partial charge in [0.25, 0.3) is 5.56 Å². The Morgan fingerprint density at radius 3 is 2.02 bits per heavy atom. The molecule has 4 aromatic rings. The van der Waals surface area contributed by atoms with Gasteiger partial charge in [-0.25, -0.2) is 4.79 Å². The fourth-order valence-electron chi connectivity index (χ4n) is 5.44. The third kappa shape index (κ3) is 6.31. The molecule has 1 saturated heterocycles. The van der Waals surface area contributed by atoms with Crippen molar-refractivity contribution < 1.29 is 23.7 Å². The van der Waals surface area contributed by atoms with Crippen LogP contribution in [-0.4, -0.2) is 46.8 Å². The van der Waals surface area contributed by atoms with Gasteiger partial charge in [-0.15, -0.1) is 0 Å². The second-order valence-corrected chi connectivity index (χ2v) is 11.7. The summed E-state index contributed by atoms with van der Waals surface area (Å²) in [4.78, 5) is 39.3. The quantitative estimate of drug-likeness (QED) is 0.258. The Bertz CT molecular complexity index is 1620. The van der Waals surface area contributed by atoms with Crippen LogP contribution in [0.3, 0.4) is 0 Å². The Kier molecular flexibility index (Phi) is 9.19. The molecule has 0 aliphatic carbocycles. The Morgan fingerprint density at radius 2 is 1.49 bits per heavy atom. The first kappa shape index (κ1) is 30.3. The van der Waals surface area contributed by atoms with Crippen molar-refractivity contribution >= 4 is 16.9 Å². The molecule has 1 N–H and O–H groups in total. The highest BCUT2D eigenvalue weighted by atomic mass is 32.2. The van der Waals surface area contributed by atoms with Crippen molar-refractivity contribution in [1.82, 2.24) is 9.55 Å². The molecule has 3 atom stereocenters. The van der Waals surface area contributed by atoms with Gasteiger partial charge in [0.05, 0.1) is 26.9 Å². The molecule has 43 heavy (non-hydrogen) atoms. The van der Waals surface area contributed by atoms with Crippen molar-refractivity contribution in [3.8, 4) is 11.5 Å².